The van der Waals surface area contributed by atoms with Crippen molar-refractivity contribution < 1.29 is 9.53 Å². The lowest BCUT2D eigenvalue weighted by molar-refractivity contribution is -0.146. The van der Waals surface area contributed by atoms with Crippen LogP contribution in [0.25, 0.3) is 0 Å². The van der Waals surface area contributed by atoms with E-state index in [-0.39, 0.29) is 12.4 Å². The van der Waals surface area contributed by atoms with E-state index in [2.05, 4.69) is 0 Å². The number of nitriles is 1. The molecule has 0 bridgehead atoms. The number of carbonyl (C=O) groups is 1. The number of carbonyl (C=O) groups excluding carboxylic acids is 1. The predicted molar refractivity (Wildman–Crippen MR) is 51.2 cm³/mol. The SMILES string of the molecule is CCC(=O)O[C@H](C#N)c1ccccc1. The van der Waals surface area contributed by atoms with Crippen molar-refractivity contribution >= 4 is 5.97 Å². The molecule has 3 nitrogen and oxygen atoms in total. The normalized spacial score (nSPS) is 11.4. The summed E-state index contributed by atoms with van der Waals surface area (Å²) in [6.07, 6.45) is -0.506. The molecule has 0 unspecified atom stereocenters. The highest BCUT2D eigenvalue weighted by atomic mass is 16.5. The molecular weight excluding hydrogens is 178 g/mol. The average molecular weight is 189 g/mol. The van der Waals surface area contributed by atoms with Crippen LogP contribution in [-0.4, -0.2) is 5.97 Å². The zero-order valence-corrected chi connectivity index (χ0v) is 7.93. The van der Waals surface area contributed by atoms with Gasteiger partial charge in [0.05, 0.1) is 0 Å². The van der Waals surface area contributed by atoms with Gasteiger partial charge >= 0.3 is 5.97 Å². The Bertz CT molecular complexity index is 340. The largest absolute Gasteiger partial charge is 0.442 e. The molecule has 1 atom stereocenters. The first-order valence-corrected chi connectivity index (χ1v) is 4.42. The van der Waals surface area contributed by atoms with Crippen LogP contribution in [-0.2, 0) is 9.53 Å². The fourth-order valence-electron chi connectivity index (χ4n) is 1.01. The summed E-state index contributed by atoms with van der Waals surface area (Å²) < 4.78 is 4.93. The molecule has 1 aromatic rings. The van der Waals surface area contributed by atoms with Crippen LogP contribution in [0.5, 0.6) is 0 Å². The van der Waals surface area contributed by atoms with Gasteiger partial charge in [-0.05, 0) is 0 Å². The van der Waals surface area contributed by atoms with Gasteiger partial charge < -0.3 is 4.74 Å². The Labute approximate surface area is 82.9 Å². The summed E-state index contributed by atoms with van der Waals surface area (Å²) in [6.45, 7) is 1.70. The van der Waals surface area contributed by atoms with Crippen molar-refractivity contribution in [3.8, 4) is 6.07 Å². The maximum Gasteiger partial charge on any atom is 0.307 e. The van der Waals surface area contributed by atoms with Crippen LogP contribution in [0, 0.1) is 11.3 Å². The molecule has 1 aromatic carbocycles. The fraction of sp³-hybridized carbons (Fsp3) is 0.273. The summed E-state index contributed by atoms with van der Waals surface area (Å²) in [7, 11) is 0. The molecular formula is C11H11NO2. The number of nitrogens with zero attached hydrogens (tertiary/aromatic N) is 1. The van der Waals surface area contributed by atoms with Gasteiger partial charge in [-0.1, -0.05) is 37.3 Å². The monoisotopic (exact) mass is 189 g/mol. The molecule has 0 radical (unpaired) electrons. The number of ether oxygens (including phenoxy) is 1. The van der Waals surface area contributed by atoms with Crippen molar-refractivity contribution in [2.45, 2.75) is 19.4 Å². The van der Waals surface area contributed by atoms with Crippen molar-refractivity contribution in [2.24, 2.45) is 0 Å². The summed E-state index contributed by atoms with van der Waals surface area (Å²) in [5, 5.41) is 8.80. The number of hydrogen-bond donors (Lipinski definition) is 0. The first-order valence-electron chi connectivity index (χ1n) is 4.42. The lowest BCUT2D eigenvalue weighted by Gasteiger charge is -2.09. The summed E-state index contributed by atoms with van der Waals surface area (Å²) in [6, 6.07) is 10.9. The van der Waals surface area contributed by atoms with Gasteiger partial charge in [0.2, 0.25) is 6.10 Å². The van der Waals surface area contributed by atoms with E-state index in [1.807, 2.05) is 12.1 Å². The highest BCUT2D eigenvalue weighted by Crippen LogP contribution is 2.16. The average Bonchev–Trinajstić information content (AvgIpc) is 2.26. The fourth-order valence-corrected chi connectivity index (χ4v) is 1.01. The topological polar surface area (TPSA) is 50.1 Å². The third-order valence-corrected chi connectivity index (χ3v) is 1.76. The molecule has 0 fully saturated rings. The van der Waals surface area contributed by atoms with Crippen molar-refractivity contribution in [3.63, 3.8) is 0 Å². The van der Waals surface area contributed by atoms with E-state index < -0.39 is 6.10 Å². The van der Waals surface area contributed by atoms with Gasteiger partial charge in [-0.3, -0.25) is 4.79 Å². The molecule has 0 aliphatic rings. The standard InChI is InChI=1S/C11H11NO2/c1-2-11(13)14-10(8-12)9-6-4-3-5-7-9/h3-7,10H,2H2,1H3/t10-/m1/s1. The van der Waals surface area contributed by atoms with Crippen LogP contribution < -0.4 is 0 Å². The zero-order valence-electron chi connectivity index (χ0n) is 7.93. The van der Waals surface area contributed by atoms with Gasteiger partial charge in [-0.15, -0.1) is 0 Å². The molecule has 0 amide bonds. The second kappa shape index (κ2) is 5.03. The van der Waals surface area contributed by atoms with E-state index in [4.69, 9.17) is 10.00 Å². The van der Waals surface area contributed by atoms with Gasteiger partial charge in [-0.2, -0.15) is 5.26 Å². The highest BCUT2D eigenvalue weighted by molar-refractivity contribution is 5.69. The van der Waals surface area contributed by atoms with Crippen LogP contribution in [0.15, 0.2) is 30.3 Å². The summed E-state index contributed by atoms with van der Waals surface area (Å²) in [5.74, 6) is -0.361. The van der Waals surface area contributed by atoms with Crippen LogP contribution >= 0.6 is 0 Å². The molecule has 0 aliphatic heterocycles. The minimum Gasteiger partial charge on any atom is -0.442 e. The van der Waals surface area contributed by atoms with E-state index in [9.17, 15) is 4.79 Å². The Balaban J connectivity index is 2.74. The van der Waals surface area contributed by atoms with Crippen LogP contribution in [0.4, 0.5) is 0 Å². The smallest absolute Gasteiger partial charge is 0.307 e. The number of benzene rings is 1. The Kier molecular flexibility index (Phi) is 3.69. The van der Waals surface area contributed by atoms with Gasteiger partial charge in [0.1, 0.15) is 6.07 Å². The lowest BCUT2D eigenvalue weighted by Crippen LogP contribution is -2.08. The third-order valence-electron chi connectivity index (χ3n) is 1.76. The van der Waals surface area contributed by atoms with Crippen LogP contribution in [0.2, 0.25) is 0 Å². The minimum absolute atomic E-state index is 0.283. The number of esters is 1. The Hall–Kier alpha value is -1.82. The quantitative estimate of drug-likeness (QED) is 0.685. The Morgan fingerprint density at radius 1 is 1.50 bits per heavy atom. The summed E-state index contributed by atoms with van der Waals surface area (Å²) >= 11 is 0. The molecule has 0 spiro atoms. The van der Waals surface area contributed by atoms with E-state index in [0.29, 0.717) is 5.56 Å². The first-order chi connectivity index (χ1) is 6.77. The minimum atomic E-state index is -0.788. The van der Waals surface area contributed by atoms with E-state index in [1.165, 1.54) is 0 Å². The van der Waals surface area contributed by atoms with Gasteiger partial charge in [0.25, 0.3) is 0 Å². The van der Waals surface area contributed by atoms with Gasteiger partial charge in [0, 0.05) is 12.0 Å². The zero-order chi connectivity index (χ0) is 10.4. The van der Waals surface area contributed by atoms with Gasteiger partial charge in [-0.25, -0.2) is 0 Å². The van der Waals surface area contributed by atoms with Gasteiger partial charge in [0.15, 0.2) is 0 Å². The van der Waals surface area contributed by atoms with Crippen molar-refractivity contribution in [3.05, 3.63) is 35.9 Å². The number of rotatable bonds is 3. The highest BCUT2D eigenvalue weighted by Gasteiger charge is 2.13. The maximum absolute atomic E-state index is 11.0. The molecule has 0 saturated carbocycles. The molecule has 1 rings (SSSR count). The molecule has 0 aliphatic carbocycles. The number of hydrogen-bond acceptors (Lipinski definition) is 3. The Morgan fingerprint density at radius 3 is 2.64 bits per heavy atom. The summed E-state index contributed by atoms with van der Waals surface area (Å²) in [5.41, 5.74) is 0.705. The lowest BCUT2D eigenvalue weighted by atomic mass is 10.1. The third kappa shape index (κ3) is 2.60. The Morgan fingerprint density at radius 2 is 2.14 bits per heavy atom. The van der Waals surface area contributed by atoms with Crippen molar-refractivity contribution in [1.82, 2.24) is 0 Å². The first kappa shape index (κ1) is 10.3. The van der Waals surface area contributed by atoms with Crippen LogP contribution in [0.1, 0.15) is 25.0 Å². The molecule has 14 heavy (non-hydrogen) atoms. The molecule has 0 heterocycles. The van der Waals surface area contributed by atoms with Crippen molar-refractivity contribution in [1.29, 1.82) is 5.26 Å². The second-order valence-electron chi connectivity index (χ2n) is 2.76. The maximum atomic E-state index is 11.0. The van der Waals surface area contributed by atoms with E-state index in [1.54, 1.807) is 31.2 Å². The molecule has 0 N–H and O–H groups in total. The predicted octanol–water partition coefficient (Wildman–Crippen LogP) is 2.20. The molecule has 72 valence electrons. The van der Waals surface area contributed by atoms with Crippen molar-refractivity contribution in [2.75, 3.05) is 0 Å². The molecule has 3 heteroatoms. The van der Waals surface area contributed by atoms with E-state index >= 15 is 0 Å². The summed E-state index contributed by atoms with van der Waals surface area (Å²) in [4.78, 5) is 11.0. The second-order valence-corrected chi connectivity index (χ2v) is 2.76. The van der Waals surface area contributed by atoms with E-state index in [0.717, 1.165) is 0 Å². The van der Waals surface area contributed by atoms with Crippen LogP contribution in [0.3, 0.4) is 0 Å². The molecule has 0 saturated heterocycles. The molecule has 0 aromatic heterocycles.